The molecule has 1 aromatic rings. The first-order valence-electron chi connectivity index (χ1n) is 6.94. The van der Waals surface area contributed by atoms with Crippen molar-refractivity contribution in [1.82, 2.24) is 9.78 Å². The highest BCUT2D eigenvalue weighted by Gasteiger charge is 2.27. The molecule has 1 atom stereocenters. The zero-order valence-electron chi connectivity index (χ0n) is 12.4. The minimum atomic E-state index is -0.351. The van der Waals surface area contributed by atoms with Gasteiger partial charge in [-0.25, -0.2) is 4.68 Å². The Balaban J connectivity index is 3.08. The molecule has 1 rings (SSSR count). The van der Waals surface area contributed by atoms with E-state index >= 15 is 0 Å². The number of nitrogens with zero attached hydrogens (tertiary/aromatic N) is 3. The van der Waals surface area contributed by atoms with Crippen LogP contribution in [0.3, 0.4) is 0 Å². The third kappa shape index (κ3) is 3.24. The highest BCUT2D eigenvalue weighted by Crippen LogP contribution is 2.30. The summed E-state index contributed by atoms with van der Waals surface area (Å²) in [7, 11) is 0. The van der Waals surface area contributed by atoms with E-state index in [0.29, 0.717) is 24.0 Å². The molecule has 0 fully saturated rings. The average Bonchev–Trinajstić information content (AvgIpc) is 2.67. The Morgan fingerprint density at radius 2 is 1.95 bits per heavy atom. The summed E-state index contributed by atoms with van der Waals surface area (Å²) in [5.74, 6) is 1.03. The topological polar surface area (TPSA) is 73.0 Å². The second-order valence-corrected chi connectivity index (χ2v) is 4.87. The van der Waals surface area contributed by atoms with Crippen LogP contribution < -0.4 is 5.32 Å². The number of hydrogen-bond donors (Lipinski definition) is 1. The van der Waals surface area contributed by atoms with Crippen molar-refractivity contribution in [2.75, 3.05) is 5.32 Å². The molecule has 1 aromatic heterocycles. The SMILES string of the molecule is CCC(CC)C(C)Nc1c([N+](=O)[O-])c(C)nn1CC. The molecule has 6 nitrogen and oxygen atoms in total. The largest absolute Gasteiger partial charge is 0.362 e. The summed E-state index contributed by atoms with van der Waals surface area (Å²) in [6.45, 7) is 10.6. The zero-order chi connectivity index (χ0) is 14.6. The van der Waals surface area contributed by atoms with Gasteiger partial charge in [0.25, 0.3) is 0 Å². The van der Waals surface area contributed by atoms with Gasteiger partial charge in [0.05, 0.1) is 4.92 Å². The first-order valence-corrected chi connectivity index (χ1v) is 6.94. The van der Waals surface area contributed by atoms with Crippen LogP contribution >= 0.6 is 0 Å². The van der Waals surface area contributed by atoms with Crippen LogP contribution in [0.5, 0.6) is 0 Å². The number of nitro groups is 1. The molecule has 19 heavy (non-hydrogen) atoms. The van der Waals surface area contributed by atoms with Crippen LogP contribution in [0, 0.1) is 23.0 Å². The summed E-state index contributed by atoms with van der Waals surface area (Å²) in [4.78, 5) is 10.8. The molecule has 0 amide bonds. The molecule has 0 spiro atoms. The molecule has 0 radical (unpaired) electrons. The van der Waals surface area contributed by atoms with E-state index in [-0.39, 0.29) is 16.7 Å². The van der Waals surface area contributed by atoms with Crippen molar-refractivity contribution in [3.05, 3.63) is 15.8 Å². The fourth-order valence-corrected chi connectivity index (χ4v) is 2.49. The van der Waals surface area contributed by atoms with E-state index in [4.69, 9.17) is 0 Å². The predicted molar refractivity (Wildman–Crippen MR) is 76.4 cm³/mol. The monoisotopic (exact) mass is 268 g/mol. The molecule has 108 valence electrons. The molecule has 0 aliphatic carbocycles. The maximum absolute atomic E-state index is 11.2. The van der Waals surface area contributed by atoms with Gasteiger partial charge in [0, 0.05) is 12.6 Å². The molecular formula is C13H24N4O2. The Bertz CT molecular complexity index is 438. The second kappa shape index (κ2) is 6.54. The third-order valence-corrected chi connectivity index (χ3v) is 3.70. The van der Waals surface area contributed by atoms with Crippen LogP contribution in [0.2, 0.25) is 0 Å². The van der Waals surface area contributed by atoms with Crippen molar-refractivity contribution in [2.45, 2.75) is 60.0 Å². The summed E-state index contributed by atoms with van der Waals surface area (Å²) in [6, 6.07) is 0.190. The average molecular weight is 268 g/mol. The van der Waals surface area contributed by atoms with Crippen LogP contribution in [0.1, 0.15) is 46.2 Å². The maximum atomic E-state index is 11.2. The van der Waals surface area contributed by atoms with Crippen molar-refractivity contribution >= 4 is 11.5 Å². The Labute approximate surface area is 114 Å². The lowest BCUT2D eigenvalue weighted by Crippen LogP contribution is -2.26. The third-order valence-electron chi connectivity index (χ3n) is 3.70. The van der Waals surface area contributed by atoms with E-state index in [1.807, 2.05) is 6.92 Å². The summed E-state index contributed by atoms with van der Waals surface area (Å²) >= 11 is 0. The van der Waals surface area contributed by atoms with E-state index in [9.17, 15) is 10.1 Å². The molecule has 1 unspecified atom stereocenters. The highest BCUT2D eigenvalue weighted by atomic mass is 16.6. The van der Waals surface area contributed by atoms with Crippen molar-refractivity contribution in [3.8, 4) is 0 Å². The van der Waals surface area contributed by atoms with E-state index < -0.39 is 0 Å². The van der Waals surface area contributed by atoms with Gasteiger partial charge < -0.3 is 5.32 Å². The Kier molecular flexibility index (Phi) is 5.32. The standard InChI is InChI=1S/C13H24N4O2/c1-6-11(7-2)9(4)14-13-12(17(18)19)10(5)15-16(13)8-3/h9,11,14H,6-8H2,1-5H3. The Morgan fingerprint density at radius 1 is 1.37 bits per heavy atom. The fourth-order valence-electron chi connectivity index (χ4n) is 2.49. The summed E-state index contributed by atoms with van der Waals surface area (Å²) in [6.07, 6.45) is 2.11. The molecule has 0 saturated carbocycles. The fraction of sp³-hybridized carbons (Fsp3) is 0.769. The lowest BCUT2D eigenvalue weighted by molar-refractivity contribution is -0.384. The van der Waals surface area contributed by atoms with Crippen LogP contribution in [-0.2, 0) is 6.54 Å². The molecule has 0 aromatic carbocycles. The molecule has 1 heterocycles. The van der Waals surface area contributed by atoms with Gasteiger partial charge in [0.1, 0.15) is 5.69 Å². The number of aromatic nitrogens is 2. The van der Waals surface area contributed by atoms with Crippen molar-refractivity contribution < 1.29 is 4.92 Å². The Hall–Kier alpha value is -1.59. The molecule has 0 bridgehead atoms. The zero-order valence-corrected chi connectivity index (χ0v) is 12.4. The molecule has 0 saturated heterocycles. The smallest absolute Gasteiger partial charge is 0.333 e. The normalized spacial score (nSPS) is 12.7. The number of nitrogens with one attached hydrogen (secondary N) is 1. The van der Waals surface area contributed by atoms with Gasteiger partial charge >= 0.3 is 5.69 Å². The van der Waals surface area contributed by atoms with Crippen LogP contribution in [-0.4, -0.2) is 20.7 Å². The maximum Gasteiger partial charge on any atom is 0.333 e. The number of rotatable bonds is 7. The predicted octanol–water partition coefficient (Wildman–Crippen LogP) is 3.36. The van der Waals surface area contributed by atoms with Crippen molar-refractivity contribution in [1.29, 1.82) is 0 Å². The van der Waals surface area contributed by atoms with Crippen molar-refractivity contribution in [2.24, 2.45) is 5.92 Å². The minimum Gasteiger partial charge on any atom is -0.362 e. The van der Waals surface area contributed by atoms with Gasteiger partial charge in [0.2, 0.25) is 5.82 Å². The van der Waals surface area contributed by atoms with Crippen LogP contribution in [0.15, 0.2) is 0 Å². The summed E-state index contributed by atoms with van der Waals surface area (Å²) in [5.41, 5.74) is 0.561. The first kappa shape index (κ1) is 15.5. The van der Waals surface area contributed by atoms with Gasteiger partial charge in [-0.3, -0.25) is 10.1 Å². The molecule has 0 aliphatic heterocycles. The first-order chi connectivity index (χ1) is 8.96. The lowest BCUT2D eigenvalue weighted by atomic mass is 9.95. The van der Waals surface area contributed by atoms with Crippen molar-refractivity contribution in [3.63, 3.8) is 0 Å². The molecule has 0 aliphatic rings. The molecule has 6 heteroatoms. The van der Waals surface area contributed by atoms with E-state index in [0.717, 1.165) is 12.8 Å². The van der Waals surface area contributed by atoms with Crippen LogP contribution in [0.4, 0.5) is 11.5 Å². The van der Waals surface area contributed by atoms with Gasteiger partial charge in [0.15, 0.2) is 0 Å². The van der Waals surface area contributed by atoms with Gasteiger partial charge in [-0.2, -0.15) is 5.10 Å². The number of aryl methyl sites for hydroxylation is 2. The molecule has 1 N–H and O–H groups in total. The summed E-state index contributed by atoms with van der Waals surface area (Å²) < 4.78 is 1.67. The van der Waals surface area contributed by atoms with Gasteiger partial charge in [-0.15, -0.1) is 0 Å². The number of hydrogen-bond acceptors (Lipinski definition) is 4. The van der Waals surface area contributed by atoms with Gasteiger partial charge in [-0.05, 0) is 26.7 Å². The van der Waals surface area contributed by atoms with E-state index in [1.165, 1.54) is 0 Å². The van der Waals surface area contributed by atoms with E-state index in [2.05, 4.69) is 31.2 Å². The second-order valence-electron chi connectivity index (χ2n) is 4.87. The highest BCUT2D eigenvalue weighted by molar-refractivity contribution is 5.60. The lowest BCUT2D eigenvalue weighted by Gasteiger charge is -2.23. The minimum absolute atomic E-state index is 0.0969. The quantitative estimate of drug-likeness (QED) is 0.608. The Morgan fingerprint density at radius 3 is 2.37 bits per heavy atom. The van der Waals surface area contributed by atoms with Gasteiger partial charge in [-0.1, -0.05) is 26.7 Å². The molecular weight excluding hydrogens is 244 g/mol. The van der Waals surface area contributed by atoms with E-state index in [1.54, 1.807) is 11.6 Å². The van der Waals surface area contributed by atoms with Crippen LogP contribution in [0.25, 0.3) is 0 Å². The number of anilines is 1. The summed E-state index contributed by atoms with van der Waals surface area (Å²) in [5, 5.41) is 18.7.